The Morgan fingerprint density at radius 3 is 2.45 bits per heavy atom. The molecule has 1 saturated heterocycles. The van der Waals surface area contributed by atoms with E-state index in [1.807, 2.05) is 0 Å². The predicted octanol–water partition coefficient (Wildman–Crippen LogP) is 6.28. The number of fused-ring (bicyclic) bond motifs is 1. The van der Waals surface area contributed by atoms with Crippen LogP contribution in [0.15, 0.2) is 0 Å². The first-order valence-electron chi connectivity index (χ1n) is 11.9. The molecule has 2 aromatic rings. The molecule has 0 N–H and O–H groups in total. The molecule has 2 aromatic heterocycles. The number of hydrogen-bond acceptors (Lipinski definition) is 5. The van der Waals surface area contributed by atoms with Crippen LogP contribution < -0.4 is 4.90 Å². The number of nitrogens with zero attached hydrogens (tertiary/aromatic N) is 5. The molecule has 2 fully saturated rings. The number of hydrogen-bond donors (Lipinski definition) is 0. The topological polar surface area (TPSA) is 56.1 Å². The van der Waals surface area contributed by atoms with E-state index in [4.69, 9.17) is 26.1 Å². The standard InChI is InChI=1S/C23H38ClN5OSi/c1-16-19-20(28-14-10-13-18(28)15-30-31(5,6)23(2,3)4)25-22(24)26-21(19)29(27-16)17-11-8-7-9-12-17/h17-18H,7-15H2,1-6H3. The maximum Gasteiger partial charge on any atom is 0.226 e. The zero-order valence-electron chi connectivity index (χ0n) is 20.0. The van der Waals surface area contributed by atoms with Gasteiger partial charge < -0.3 is 9.33 Å². The fourth-order valence-corrected chi connectivity index (χ4v) is 5.96. The molecule has 172 valence electrons. The highest BCUT2D eigenvalue weighted by molar-refractivity contribution is 6.74. The molecule has 0 bridgehead atoms. The molecule has 1 aliphatic carbocycles. The summed E-state index contributed by atoms with van der Waals surface area (Å²) in [6, 6.07) is 0.737. The third-order valence-electron chi connectivity index (χ3n) is 7.69. The van der Waals surface area contributed by atoms with Crippen LogP contribution >= 0.6 is 11.6 Å². The molecule has 0 spiro atoms. The molecule has 3 heterocycles. The van der Waals surface area contributed by atoms with Crippen molar-refractivity contribution in [3.8, 4) is 0 Å². The number of rotatable bonds is 5. The first-order chi connectivity index (χ1) is 14.6. The fourth-order valence-electron chi connectivity index (χ4n) is 4.76. The molecule has 31 heavy (non-hydrogen) atoms. The molecule has 1 atom stereocenters. The quantitative estimate of drug-likeness (QED) is 0.385. The lowest BCUT2D eigenvalue weighted by Crippen LogP contribution is -2.45. The van der Waals surface area contributed by atoms with Crippen molar-refractivity contribution in [2.24, 2.45) is 0 Å². The van der Waals surface area contributed by atoms with Crippen LogP contribution in [0.25, 0.3) is 11.0 Å². The highest BCUT2D eigenvalue weighted by atomic mass is 35.5. The molecule has 1 saturated carbocycles. The van der Waals surface area contributed by atoms with Crippen LogP contribution in [0.4, 0.5) is 5.82 Å². The van der Waals surface area contributed by atoms with Crippen molar-refractivity contribution < 1.29 is 4.43 Å². The summed E-state index contributed by atoms with van der Waals surface area (Å²) in [4.78, 5) is 11.8. The van der Waals surface area contributed by atoms with Crippen molar-refractivity contribution >= 4 is 36.8 Å². The van der Waals surface area contributed by atoms with E-state index in [9.17, 15) is 0 Å². The second kappa shape index (κ2) is 8.63. The van der Waals surface area contributed by atoms with E-state index in [1.165, 1.54) is 32.1 Å². The van der Waals surface area contributed by atoms with E-state index in [0.717, 1.165) is 48.5 Å². The number of aryl methyl sites for hydroxylation is 1. The predicted molar refractivity (Wildman–Crippen MR) is 131 cm³/mol. The van der Waals surface area contributed by atoms with E-state index in [2.05, 4.69) is 55.4 Å². The van der Waals surface area contributed by atoms with Gasteiger partial charge in [0.15, 0.2) is 14.0 Å². The van der Waals surface area contributed by atoms with Gasteiger partial charge in [-0.3, -0.25) is 0 Å². The van der Waals surface area contributed by atoms with Gasteiger partial charge in [0.05, 0.1) is 29.8 Å². The van der Waals surface area contributed by atoms with Crippen LogP contribution in [0.1, 0.15) is 77.5 Å². The van der Waals surface area contributed by atoms with Crippen molar-refractivity contribution in [1.82, 2.24) is 19.7 Å². The molecule has 0 amide bonds. The lowest BCUT2D eigenvalue weighted by Gasteiger charge is -2.38. The number of anilines is 1. The molecular formula is C23H38ClN5OSi. The monoisotopic (exact) mass is 463 g/mol. The summed E-state index contributed by atoms with van der Waals surface area (Å²) < 4.78 is 8.74. The Morgan fingerprint density at radius 1 is 1.06 bits per heavy atom. The maximum atomic E-state index is 6.60. The third kappa shape index (κ3) is 4.51. The SMILES string of the molecule is Cc1nn(C2CCCCC2)c2nc(Cl)nc(N3CCCC3CO[Si](C)(C)C(C)(C)C)c12. The van der Waals surface area contributed by atoms with Crippen LogP contribution in [-0.4, -0.2) is 47.3 Å². The van der Waals surface area contributed by atoms with Crippen molar-refractivity contribution in [2.45, 2.75) is 103 Å². The minimum atomic E-state index is -1.80. The Morgan fingerprint density at radius 2 is 1.77 bits per heavy atom. The van der Waals surface area contributed by atoms with Crippen LogP contribution in [0.2, 0.25) is 23.4 Å². The maximum absolute atomic E-state index is 6.60. The highest BCUT2D eigenvalue weighted by Crippen LogP contribution is 2.39. The summed E-state index contributed by atoms with van der Waals surface area (Å²) in [5.41, 5.74) is 1.90. The molecule has 1 aliphatic heterocycles. The molecule has 0 aromatic carbocycles. The van der Waals surface area contributed by atoms with E-state index < -0.39 is 8.32 Å². The van der Waals surface area contributed by atoms with Gasteiger partial charge in [-0.1, -0.05) is 40.0 Å². The smallest absolute Gasteiger partial charge is 0.226 e. The molecule has 6 nitrogen and oxygen atoms in total. The third-order valence-corrected chi connectivity index (χ3v) is 12.4. The van der Waals surface area contributed by atoms with Crippen molar-refractivity contribution in [2.75, 3.05) is 18.1 Å². The Labute approximate surface area is 192 Å². The summed E-state index contributed by atoms with van der Waals surface area (Å²) in [6.45, 7) is 15.3. The second-order valence-electron chi connectivity index (χ2n) is 10.9. The van der Waals surface area contributed by atoms with Gasteiger partial charge in [0.1, 0.15) is 5.82 Å². The lowest BCUT2D eigenvalue weighted by atomic mass is 9.96. The lowest BCUT2D eigenvalue weighted by molar-refractivity contribution is 0.263. The van der Waals surface area contributed by atoms with Crippen molar-refractivity contribution in [3.63, 3.8) is 0 Å². The largest absolute Gasteiger partial charge is 0.415 e. The van der Waals surface area contributed by atoms with Gasteiger partial charge in [-0.05, 0) is 62.3 Å². The molecular weight excluding hydrogens is 426 g/mol. The zero-order valence-corrected chi connectivity index (χ0v) is 21.8. The van der Waals surface area contributed by atoms with Gasteiger partial charge in [0, 0.05) is 6.54 Å². The first kappa shape index (κ1) is 23.0. The van der Waals surface area contributed by atoms with E-state index in [1.54, 1.807) is 0 Å². The minimum absolute atomic E-state index is 0.208. The molecule has 8 heteroatoms. The second-order valence-corrected chi connectivity index (χ2v) is 16.0. The van der Waals surface area contributed by atoms with Crippen molar-refractivity contribution in [3.05, 3.63) is 11.0 Å². The van der Waals surface area contributed by atoms with Crippen LogP contribution in [-0.2, 0) is 4.43 Å². The summed E-state index contributed by atoms with van der Waals surface area (Å²) in [5.74, 6) is 0.941. The molecule has 0 radical (unpaired) electrons. The van der Waals surface area contributed by atoms with Crippen LogP contribution in [0, 0.1) is 6.92 Å². The highest BCUT2D eigenvalue weighted by Gasteiger charge is 2.39. The average Bonchev–Trinajstić information content (AvgIpc) is 3.30. The van der Waals surface area contributed by atoms with E-state index >= 15 is 0 Å². The Balaban J connectivity index is 1.66. The molecule has 4 rings (SSSR count). The van der Waals surface area contributed by atoms with E-state index in [0.29, 0.717) is 17.4 Å². The van der Waals surface area contributed by atoms with Gasteiger partial charge in [0.25, 0.3) is 0 Å². The van der Waals surface area contributed by atoms with Crippen molar-refractivity contribution in [1.29, 1.82) is 0 Å². The van der Waals surface area contributed by atoms with Gasteiger partial charge in [-0.2, -0.15) is 15.1 Å². The number of aromatic nitrogens is 4. The zero-order chi connectivity index (χ0) is 22.4. The fraction of sp³-hybridized carbons (Fsp3) is 0.783. The average molecular weight is 464 g/mol. The molecule has 1 unspecified atom stereocenters. The van der Waals surface area contributed by atoms with Crippen LogP contribution in [0.3, 0.4) is 0 Å². The Hall–Kier alpha value is -1.18. The summed E-state index contributed by atoms with van der Waals surface area (Å²) in [6.07, 6.45) is 8.43. The van der Waals surface area contributed by atoms with Gasteiger partial charge in [-0.25, -0.2) is 4.68 Å². The first-order valence-corrected chi connectivity index (χ1v) is 15.2. The van der Waals surface area contributed by atoms with E-state index in [-0.39, 0.29) is 5.04 Å². The van der Waals surface area contributed by atoms with Gasteiger partial charge in [-0.15, -0.1) is 0 Å². The summed E-state index contributed by atoms with van der Waals surface area (Å²) >= 11 is 6.47. The Bertz CT molecular complexity index is 932. The van der Waals surface area contributed by atoms with Gasteiger partial charge >= 0.3 is 0 Å². The normalized spacial score (nSPS) is 21.4. The summed E-state index contributed by atoms with van der Waals surface area (Å²) in [7, 11) is -1.80. The summed E-state index contributed by atoms with van der Waals surface area (Å²) in [5, 5.41) is 6.52. The number of halogens is 1. The van der Waals surface area contributed by atoms with Gasteiger partial charge in [0.2, 0.25) is 5.28 Å². The molecule has 2 aliphatic rings. The minimum Gasteiger partial charge on any atom is -0.415 e. The van der Waals surface area contributed by atoms with Crippen LogP contribution in [0.5, 0.6) is 0 Å². The Kier molecular flexibility index (Phi) is 6.40.